The average Bonchev–Trinajstić information content (AvgIpc) is 2.38. The van der Waals surface area contributed by atoms with Gasteiger partial charge in [0.2, 0.25) is 0 Å². The summed E-state index contributed by atoms with van der Waals surface area (Å²) in [5.74, 6) is 0. The fourth-order valence-corrected chi connectivity index (χ4v) is 1.54. The van der Waals surface area contributed by atoms with Gasteiger partial charge in [-0.2, -0.15) is 0 Å². The minimum atomic E-state index is -1.92. The van der Waals surface area contributed by atoms with Crippen molar-refractivity contribution in [2.24, 2.45) is 0 Å². The lowest BCUT2D eigenvalue weighted by molar-refractivity contribution is -0.120. The summed E-state index contributed by atoms with van der Waals surface area (Å²) < 4.78 is 13.3. The molecule has 0 amide bonds. The summed E-state index contributed by atoms with van der Waals surface area (Å²) >= 11 is 14.9. The van der Waals surface area contributed by atoms with Gasteiger partial charge in [0.05, 0.1) is 6.61 Å². The van der Waals surface area contributed by atoms with Crippen molar-refractivity contribution in [1.29, 1.82) is 0 Å². The minimum Gasteiger partial charge on any atom is -0.450 e. The van der Waals surface area contributed by atoms with Crippen LogP contribution in [0.3, 0.4) is 0 Å². The molecule has 122 valence electrons. The van der Waals surface area contributed by atoms with Crippen molar-refractivity contribution >= 4 is 51.1 Å². The molecule has 0 rings (SSSR count). The zero-order chi connectivity index (χ0) is 16.6. The summed E-state index contributed by atoms with van der Waals surface area (Å²) in [5.41, 5.74) is -4.08. The van der Waals surface area contributed by atoms with Crippen LogP contribution >= 0.6 is 34.8 Å². The number of hydrogen-bond acceptors (Lipinski definition) is 9. The molecule has 0 aromatic carbocycles. The quantitative estimate of drug-likeness (QED) is 0.413. The maximum absolute atomic E-state index is 10.8. The van der Waals surface area contributed by atoms with E-state index in [1.165, 1.54) is 0 Å². The Morgan fingerprint density at radius 3 is 1.86 bits per heavy atom. The zero-order valence-electron chi connectivity index (χ0n) is 10.1. The van der Waals surface area contributed by atoms with Crippen molar-refractivity contribution in [2.75, 3.05) is 13.2 Å². The van der Waals surface area contributed by atoms with E-state index in [-0.39, 0.29) is 0 Å². The molecule has 0 aliphatic heterocycles. The molecule has 0 aromatic rings. The van der Waals surface area contributed by atoms with Gasteiger partial charge in [0.15, 0.2) is 12.2 Å². The second kappa shape index (κ2) is 9.98. The first-order valence-electron chi connectivity index (χ1n) is 5.20. The maximum Gasteiger partial charge on any atom is 0.404 e. The average molecular weight is 370 g/mol. The van der Waals surface area contributed by atoms with Crippen LogP contribution in [0.4, 0.5) is 14.4 Å². The highest BCUT2D eigenvalue weighted by Crippen LogP contribution is 2.16. The molecule has 0 saturated heterocycles. The molecule has 3 N–H and O–H groups in total. The van der Waals surface area contributed by atoms with Crippen LogP contribution in [0.15, 0.2) is 0 Å². The van der Waals surface area contributed by atoms with E-state index in [9.17, 15) is 24.6 Å². The number of rotatable bonds is 8. The highest BCUT2D eigenvalue weighted by Gasteiger charge is 2.38. The first kappa shape index (κ1) is 20.2. The second-order valence-corrected chi connectivity index (χ2v) is 4.43. The molecule has 9 nitrogen and oxygen atoms in total. The van der Waals surface area contributed by atoms with Crippen LogP contribution in [0.25, 0.3) is 0 Å². The zero-order valence-corrected chi connectivity index (χ0v) is 12.4. The molecule has 0 aliphatic carbocycles. The lowest BCUT2D eigenvalue weighted by atomic mass is 10.0. The van der Waals surface area contributed by atoms with E-state index in [4.69, 9.17) is 39.9 Å². The third-order valence-electron chi connectivity index (χ3n) is 2.12. The van der Waals surface area contributed by atoms with E-state index in [0.717, 1.165) is 0 Å². The largest absolute Gasteiger partial charge is 0.450 e. The Balaban J connectivity index is 5.17. The van der Waals surface area contributed by atoms with E-state index in [0.29, 0.717) is 0 Å². The molecular weight excluding hydrogens is 358 g/mol. The molecule has 21 heavy (non-hydrogen) atoms. The van der Waals surface area contributed by atoms with Crippen molar-refractivity contribution in [1.82, 2.24) is 0 Å². The maximum atomic E-state index is 10.8. The van der Waals surface area contributed by atoms with E-state index in [1.54, 1.807) is 0 Å². The van der Waals surface area contributed by atoms with E-state index < -0.39 is 53.9 Å². The lowest BCUT2D eigenvalue weighted by Crippen LogP contribution is -2.50. The van der Waals surface area contributed by atoms with E-state index in [2.05, 4.69) is 14.2 Å². The van der Waals surface area contributed by atoms with Gasteiger partial charge in [-0.3, -0.25) is 0 Å². The smallest absolute Gasteiger partial charge is 0.404 e. The van der Waals surface area contributed by atoms with Crippen molar-refractivity contribution in [3.05, 3.63) is 0 Å². The summed E-state index contributed by atoms with van der Waals surface area (Å²) in [4.78, 5) is 32.1. The summed E-state index contributed by atoms with van der Waals surface area (Å²) in [6.45, 7) is -1.67. The molecule has 0 radical (unpaired) electrons. The van der Waals surface area contributed by atoms with Crippen LogP contribution in [-0.4, -0.2) is 69.2 Å². The van der Waals surface area contributed by atoms with E-state index in [1.807, 2.05) is 0 Å². The molecule has 0 aliphatic rings. The summed E-state index contributed by atoms with van der Waals surface area (Å²) in [6.07, 6.45) is -7.10. The van der Waals surface area contributed by atoms with Gasteiger partial charge in [-0.05, 0) is 0 Å². The van der Waals surface area contributed by atoms with E-state index >= 15 is 0 Å². The molecule has 0 heterocycles. The van der Waals surface area contributed by atoms with Crippen LogP contribution in [0.2, 0.25) is 0 Å². The fraction of sp³-hybridized carbons (Fsp3) is 0.667. The SMILES string of the molecule is O=C(Cl)OC[C@H](OC(=O)Cl)[C@@H](OC(=O)Cl)[C@H](O)[C@H](O)CO. The highest BCUT2D eigenvalue weighted by atomic mass is 35.5. The van der Waals surface area contributed by atoms with Crippen molar-refractivity contribution in [3.8, 4) is 0 Å². The normalized spacial score (nSPS) is 16.3. The van der Waals surface area contributed by atoms with Gasteiger partial charge in [0.1, 0.15) is 18.8 Å². The Morgan fingerprint density at radius 1 is 0.952 bits per heavy atom. The first-order valence-corrected chi connectivity index (χ1v) is 6.33. The Kier molecular flexibility index (Phi) is 9.58. The molecule has 4 atom stereocenters. The summed E-state index contributed by atoms with van der Waals surface area (Å²) in [6, 6.07) is 0. The van der Waals surface area contributed by atoms with Crippen molar-refractivity contribution in [2.45, 2.75) is 24.4 Å². The Morgan fingerprint density at radius 2 is 1.48 bits per heavy atom. The van der Waals surface area contributed by atoms with Crippen molar-refractivity contribution < 1.29 is 43.9 Å². The van der Waals surface area contributed by atoms with Gasteiger partial charge in [0, 0.05) is 34.8 Å². The van der Waals surface area contributed by atoms with Crippen LogP contribution in [0, 0.1) is 0 Å². The van der Waals surface area contributed by atoms with Crippen molar-refractivity contribution in [3.63, 3.8) is 0 Å². The second-order valence-electron chi connectivity index (χ2n) is 3.50. The molecule has 0 bridgehead atoms. The fourth-order valence-electron chi connectivity index (χ4n) is 1.26. The predicted octanol–water partition coefficient (Wildman–Crippen LogP) is 0.564. The third-order valence-corrected chi connectivity index (χ3v) is 2.41. The topological polar surface area (TPSA) is 140 Å². The number of aliphatic hydroxyl groups is 3. The van der Waals surface area contributed by atoms with Gasteiger partial charge in [-0.1, -0.05) is 0 Å². The molecule has 0 aromatic heterocycles. The molecule has 12 heteroatoms. The number of hydrogen-bond donors (Lipinski definition) is 3. The first-order chi connectivity index (χ1) is 9.68. The van der Waals surface area contributed by atoms with Gasteiger partial charge in [0.25, 0.3) is 0 Å². The van der Waals surface area contributed by atoms with Gasteiger partial charge < -0.3 is 29.5 Å². The number of carbonyl (C=O) groups excluding carboxylic acids is 3. The highest BCUT2D eigenvalue weighted by molar-refractivity contribution is 6.61. The lowest BCUT2D eigenvalue weighted by Gasteiger charge is -2.30. The van der Waals surface area contributed by atoms with Crippen LogP contribution in [-0.2, 0) is 14.2 Å². The number of ether oxygens (including phenoxy) is 3. The van der Waals surface area contributed by atoms with Crippen LogP contribution in [0.5, 0.6) is 0 Å². The summed E-state index contributed by atoms with van der Waals surface area (Å²) in [7, 11) is 0. The number of halogens is 3. The van der Waals surface area contributed by atoms with Gasteiger partial charge in [-0.25, -0.2) is 14.4 Å². The molecule has 0 saturated carbocycles. The summed E-state index contributed by atoms with van der Waals surface area (Å²) in [5, 5.41) is 27.8. The number of aliphatic hydroxyl groups excluding tert-OH is 3. The Bertz CT molecular complexity index is 377. The van der Waals surface area contributed by atoms with Gasteiger partial charge in [-0.15, -0.1) is 0 Å². The number of carbonyl (C=O) groups is 3. The van der Waals surface area contributed by atoms with Gasteiger partial charge >= 0.3 is 16.3 Å². The third kappa shape index (κ3) is 8.24. The standard InChI is InChI=1S/C9H11Cl3O9/c10-7(16)19-2-4(20-8(11)17)6(21-9(12)18)5(15)3(14)1-13/h3-6,13-15H,1-2H2/t3-,4+,5-,6-/m1/s1. The predicted molar refractivity (Wildman–Crippen MR) is 68.5 cm³/mol. The van der Waals surface area contributed by atoms with Crippen LogP contribution in [0.1, 0.15) is 0 Å². The molecule has 0 unspecified atom stereocenters. The molecule has 0 fully saturated rings. The van der Waals surface area contributed by atoms with Crippen LogP contribution < -0.4 is 0 Å². The Hall–Kier alpha value is -0.840. The monoisotopic (exact) mass is 368 g/mol. The Labute approximate surface area is 133 Å². The minimum absolute atomic E-state index is 0.759. The molecule has 0 spiro atoms. The molecular formula is C9H11Cl3O9.